The third kappa shape index (κ3) is 3.32. The Hall–Kier alpha value is 0.130. The molecule has 1 aliphatic carbocycles. The molecule has 0 radical (unpaired) electrons. The van der Waals surface area contributed by atoms with Crippen molar-refractivity contribution in [2.24, 2.45) is 5.41 Å². The molecule has 0 saturated heterocycles. The van der Waals surface area contributed by atoms with Gasteiger partial charge < -0.3 is 5.32 Å². The summed E-state index contributed by atoms with van der Waals surface area (Å²) in [5.41, 5.74) is 1.09. The van der Waals surface area contributed by atoms with Gasteiger partial charge in [0.25, 0.3) is 5.91 Å². The molecule has 2 rings (SSSR count). The molecule has 0 bridgehead atoms. The van der Waals surface area contributed by atoms with E-state index >= 15 is 0 Å². The third-order valence-electron chi connectivity index (χ3n) is 3.21. The van der Waals surface area contributed by atoms with Crippen LogP contribution in [-0.2, 0) is 0 Å². The lowest BCUT2D eigenvalue weighted by Crippen LogP contribution is -2.33. The van der Waals surface area contributed by atoms with Gasteiger partial charge in [-0.05, 0) is 62.6 Å². The lowest BCUT2D eigenvalue weighted by molar-refractivity contribution is 0.0936. The molecule has 17 heavy (non-hydrogen) atoms. The molecule has 1 atom stereocenters. The molecular weight excluding hydrogens is 366 g/mol. The van der Waals surface area contributed by atoms with Crippen LogP contribution in [0.15, 0.2) is 13.6 Å². The van der Waals surface area contributed by atoms with Gasteiger partial charge in [0.1, 0.15) is 0 Å². The largest absolute Gasteiger partial charge is 0.349 e. The molecule has 1 aromatic rings. The van der Waals surface area contributed by atoms with Crippen LogP contribution in [0, 0.1) is 5.41 Å². The van der Waals surface area contributed by atoms with Crippen LogP contribution >= 0.6 is 43.2 Å². The average Bonchev–Trinajstić information content (AvgIpc) is 2.69. The van der Waals surface area contributed by atoms with Crippen molar-refractivity contribution in [3.8, 4) is 0 Å². The van der Waals surface area contributed by atoms with Crippen molar-refractivity contribution >= 4 is 49.1 Å². The number of halogens is 2. The Bertz CT molecular complexity index is 442. The van der Waals surface area contributed by atoms with Crippen LogP contribution in [0.3, 0.4) is 0 Å². The van der Waals surface area contributed by atoms with Gasteiger partial charge in [0.15, 0.2) is 0 Å². The maximum Gasteiger partial charge on any atom is 0.253 e. The third-order valence-corrected chi connectivity index (χ3v) is 5.54. The second-order valence-corrected chi connectivity index (χ2v) is 9.06. The van der Waals surface area contributed by atoms with Gasteiger partial charge in [-0.2, -0.15) is 0 Å². The van der Waals surface area contributed by atoms with Gasteiger partial charge in [-0.3, -0.25) is 4.79 Å². The molecule has 1 N–H and O–H groups in total. The summed E-state index contributed by atoms with van der Waals surface area (Å²) in [4.78, 5) is 12.1. The minimum atomic E-state index is 0.0292. The monoisotopic (exact) mass is 379 g/mol. The number of carbonyl (C=O) groups excluding carboxylic acids is 1. The predicted octanol–water partition coefficient (Wildman–Crippen LogP) is 4.58. The highest BCUT2D eigenvalue weighted by Gasteiger charge is 2.32. The van der Waals surface area contributed by atoms with Gasteiger partial charge in [0, 0.05) is 6.04 Å². The Morgan fingerprint density at radius 2 is 2.24 bits per heavy atom. The van der Waals surface area contributed by atoms with E-state index in [0.717, 1.165) is 26.0 Å². The highest BCUT2D eigenvalue weighted by Crippen LogP contribution is 2.37. The molecule has 1 unspecified atom stereocenters. The van der Waals surface area contributed by atoms with E-state index in [1.54, 1.807) is 0 Å². The van der Waals surface area contributed by atoms with Crippen molar-refractivity contribution in [3.63, 3.8) is 0 Å². The van der Waals surface area contributed by atoms with Crippen LogP contribution in [0.2, 0.25) is 0 Å². The number of hydrogen-bond acceptors (Lipinski definition) is 2. The van der Waals surface area contributed by atoms with Crippen LogP contribution in [0.1, 0.15) is 43.5 Å². The summed E-state index contributed by atoms with van der Waals surface area (Å²) in [5, 5.41) is 3.12. The second-order valence-electron chi connectivity index (χ2n) is 5.32. The summed E-state index contributed by atoms with van der Waals surface area (Å²) in [5.74, 6) is 0.0292. The van der Waals surface area contributed by atoms with Gasteiger partial charge in [-0.15, -0.1) is 11.3 Å². The number of rotatable bonds is 2. The van der Waals surface area contributed by atoms with Crippen molar-refractivity contribution in [1.29, 1.82) is 0 Å². The van der Waals surface area contributed by atoms with Gasteiger partial charge >= 0.3 is 0 Å². The average molecular weight is 381 g/mol. The van der Waals surface area contributed by atoms with Gasteiger partial charge in [-0.1, -0.05) is 13.8 Å². The number of nitrogens with one attached hydrogen (secondary N) is 1. The molecule has 94 valence electrons. The molecule has 1 saturated carbocycles. The first-order valence-electron chi connectivity index (χ1n) is 5.63. The maximum absolute atomic E-state index is 12.1. The zero-order valence-corrected chi connectivity index (χ0v) is 13.8. The first-order chi connectivity index (χ1) is 7.87. The van der Waals surface area contributed by atoms with Gasteiger partial charge in [-0.25, -0.2) is 0 Å². The summed E-state index contributed by atoms with van der Waals surface area (Å²) in [6, 6.07) is 2.19. The summed E-state index contributed by atoms with van der Waals surface area (Å²) >= 11 is 8.34. The molecule has 0 aliphatic heterocycles. The predicted molar refractivity (Wildman–Crippen MR) is 78.6 cm³/mol. The lowest BCUT2D eigenvalue weighted by Gasteiger charge is -2.17. The first kappa shape index (κ1) is 13.6. The Morgan fingerprint density at radius 1 is 1.53 bits per heavy atom. The molecule has 0 aromatic carbocycles. The fraction of sp³-hybridized carbons (Fsp3) is 0.583. The zero-order chi connectivity index (χ0) is 12.6. The quantitative estimate of drug-likeness (QED) is 0.799. The standard InChI is InChI=1S/C12H15Br2NOS/c1-12(2)4-3-7(6-12)15-11(16)8-5-9(13)17-10(8)14/h5,7H,3-4,6H2,1-2H3,(H,15,16). The van der Waals surface area contributed by atoms with Crippen LogP contribution in [-0.4, -0.2) is 11.9 Å². The van der Waals surface area contributed by atoms with E-state index in [1.807, 2.05) is 6.07 Å². The summed E-state index contributed by atoms with van der Waals surface area (Å²) in [6.45, 7) is 4.52. The van der Waals surface area contributed by atoms with E-state index in [4.69, 9.17) is 0 Å². The fourth-order valence-corrected chi connectivity index (χ4v) is 5.11. The van der Waals surface area contributed by atoms with E-state index in [1.165, 1.54) is 17.8 Å². The Labute approximate surface area is 122 Å². The van der Waals surface area contributed by atoms with Crippen LogP contribution in [0.4, 0.5) is 0 Å². The van der Waals surface area contributed by atoms with E-state index < -0.39 is 0 Å². The fourth-order valence-electron chi connectivity index (χ4n) is 2.32. The van der Waals surface area contributed by atoms with Crippen LogP contribution in [0.5, 0.6) is 0 Å². The Kier molecular flexibility index (Phi) is 4.00. The molecule has 2 nitrogen and oxygen atoms in total. The minimum Gasteiger partial charge on any atom is -0.349 e. The van der Waals surface area contributed by atoms with Crippen molar-refractivity contribution < 1.29 is 4.79 Å². The summed E-state index contributed by atoms with van der Waals surface area (Å²) in [6.07, 6.45) is 3.34. The number of amides is 1. The van der Waals surface area contributed by atoms with Gasteiger partial charge in [0.2, 0.25) is 0 Å². The van der Waals surface area contributed by atoms with E-state index in [2.05, 4.69) is 51.0 Å². The maximum atomic E-state index is 12.1. The number of hydrogen-bond donors (Lipinski definition) is 1. The summed E-state index contributed by atoms with van der Waals surface area (Å²) in [7, 11) is 0. The number of thiophene rings is 1. The molecule has 1 fully saturated rings. The number of carbonyl (C=O) groups is 1. The van der Waals surface area contributed by atoms with Crippen molar-refractivity contribution in [3.05, 3.63) is 19.2 Å². The summed E-state index contributed by atoms with van der Waals surface area (Å²) < 4.78 is 1.86. The van der Waals surface area contributed by atoms with E-state index in [-0.39, 0.29) is 5.91 Å². The molecule has 1 amide bonds. The molecule has 1 aliphatic rings. The topological polar surface area (TPSA) is 29.1 Å². The van der Waals surface area contributed by atoms with Crippen molar-refractivity contribution in [2.75, 3.05) is 0 Å². The van der Waals surface area contributed by atoms with Crippen LogP contribution < -0.4 is 5.32 Å². The zero-order valence-electron chi connectivity index (χ0n) is 9.85. The SMILES string of the molecule is CC1(C)CCC(NC(=O)c2cc(Br)sc2Br)C1. The molecule has 1 aromatic heterocycles. The molecule has 0 spiro atoms. The highest BCUT2D eigenvalue weighted by atomic mass is 79.9. The van der Waals surface area contributed by atoms with Crippen molar-refractivity contribution in [2.45, 2.75) is 39.2 Å². The first-order valence-corrected chi connectivity index (χ1v) is 8.03. The highest BCUT2D eigenvalue weighted by molar-refractivity contribution is 9.12. The molecule has 5 heteroatoms. The normalized spacial score (nSPS) is 22.7. The molecular formula is C12H15Br2NOS. The second kappa shape index (κ2) is 5.02. The Morgan fingerprint density at radius 3 is 2.71 bits per heavy atom. The minimum absolute atomic E-state index is 0.0292. The van der Waals surface area contributed by atoms with Crippen LogP contribution in [0.25, 0.3) is 0 Å². The smallest absolute Gasteiger partial charge is 0.253 e. The van der Waals surface area contributed by atoms with Crippen molar-refractivity contribution in [1.82, 2.24) is 5.32 Å². The Balaban J connectivity index is 2.01. The van der Waals surface area contributed by atoms with E-state index in [9.17, 15) is 4.79 Å². The lowest BCUT2D eigenvalue weighted by atomic mass is 9.92. The van der Waals surface area contributed by atoms with E-state index in [0.29, 0.717) is 11.5 Å². The van der Waals surface area contributed by atoms with Gasteiger partial charge in [0.05, 0.1) is 13.1 Å². The molecule has 1 heterocycles.